The fourth-order valence-corrected chi connectivity index (χ4v) is 2.68. The second-order valence-electron chi connectivity index (χ2n) is 6.23. The van der Waals surface area contributed by atoms with Crippen LogP contribution in [0, 0.1) is 6.92 Å². The van der Waals surface area contributed by atoms with Gasteiger partial charge in [-0.3, -0.25) is 4.79 Å². The van der Waals surface area contributed by atoms with Gasteiger partial charge in [0.1, 0.15) is 6.04 Å². The minimum absolute atomic E-state index is 0.178. The average molecular weight is 352 g/mol. The van der Waals surface area contributed by atoms with Gasteiger partial charge in [-0.05, 0) is 63.1 Å². The highest BCUT2D eigenvalue weighted by atomic mass is 16.2. The maximum absolute atomic E-state index is 12.1. The maximum Gasteiger partial charge on any atom is 0.262 e. The number of hydrazone groups is 1. The third-order valence-electron chi connectivity index (χ3n) is 4.20. The van der Waals surface area contributed by atoms with Gasteiger partial charge in [0, 0.05) is 24.5 Å². The van der Waals surface area contributed by atoms with Crippen LogP contribution in [0.5, 0.6) is 0 Å². The second kappa shape index (κ2) is 9.61. The molecule has 1 atom stereocenters. The van der Waals surface area contributed by atoms with E-state index >= 15 is 0 Å². The molecule has 0 bridgehead atoms. The summed E-state index contributed by atoms with van der Waals surface area (Å²) in [6.07, 6.45) is 1.66. The zero-order chi connectivity index (χ0) is 18.9. The fraction of sp³-hybridized carbons (Fsp3) is 0.333. The summed E-state index contributed by atoms with van der Waals surface area (Å²) in [6.45, 7) is 10.1. The summed E-state index contributed by atoms with van der Waals surface area (Å²) in [6, 6.07) is 15.7. The summed E-state index contributed by atoms with van der Waals surface area (Å²) < 4.78 is 0. The highest BCUT2D eigenvalue weighted by molar-refractivity contribution is 5.86. The third-order valence-corrected chi connectivity index (χ3v) is 4.20. The number of hydrogen-bond acceptors (Lipinski definition) is 4. The first-order valence-electron chi connectivity index (χ1n) is 9.04. The molecule has 0 aliphatic rings. The van der Waals surface area contributed by atoms with Crippen molar-refractivity contribution >= 4 is 23.5 Å². The van der Waals surface area contributed by atoms with Gasteiger partial charge in [-0.2, -0.15) is 5.10 Å². The van der Waals surface area contributed by atoms with Crippen LogP contribution in [0.25, 0.3) is 0 Å². The van der Waals surface area contributed by atoms with Crippen LogP contribution in [0.3, 0.4) is 0 Å². The quantitative estimate of drug-likeness (QED) is 0.561. The van der Waals surface area contributed by atoms with Crippen molar-refractivity contribution in [2.45, 2.75) is 33.7 Å². The van der Waals surface area contributed by atoms with E-state index in [1.165, 1.54) is 5.69 Å². The van der Waals surface area contributed by atoms with Crippen molar-refractivity contribution in [3.63, 3.8) is 0 Å². The molecule has 0 aromatic heterocycles. The van der Waals surface area contributed by atoms with Crippen LogP contribution in [0.15, 0.2) is 53.6 Å². The van der Waals surface area contributed by atoms with E-state index in [4.69, 9.17) is 0 Å². The molecular weight excluding hydrogens is 324 g/mol. The van der Waals surface area contributed by atoms with E-state index in [9.17, 15) is 4.79 Å². The summed E-state index contributed by atoms with van der Waals surface area (Å²) in [5.74, 6) is -0.178. The van der Waals surface area contributed by atoms with Crippen molar-refractivity contribution in [3.05, 3.63) is 59.7 Å². The number of aryl methyl sites for hydroxylation is 1. The number of hydrogen-bond donors (Lipinski definition) is 2. The first-order chi connectivity index (χ1) is 12.5. The molecule has 2 rings (SSSR count). The number of anilines is 2. The first-order valence-corrected chi connectivity index (χ1v) is 9.04. The molecule has 5 nitrogen and oxygen atoms in total. The zero-order valence-electron chi connectivity index (χ0n) is 16.0. The average Bonchev–Trinajstić information content (AvgIpc) is 2.64. The molecule has 0 spiro atoms. The van der Waals surface area contributed by atoms with Gasteiger partial charge < -0.3 is 10.2 Å². The van der Waals surface area contributed by atoms with Crippen LogP contribution in [-0.2, 0) is 4.79 Å². The number of amides is 1. The summed E-state index contributed by atoms with van der Waals surface area (Å²) in [7, 11) is 0. The molecule has 1 amide bonds. The standard InChI is InChI=1S/C21H28N4O/c1-5-25(6-2)20-12-10-18(11-13-20)15-22-24-21(26)17(4)23-19-9-7-8-16(3)14-19/h7-15,17,23H,5-6H2,1-4H3,(H,24,26)/b22-15+. The Morgan fingerprint density at radius 3 is 2.46 bits per heavy atom. The molecule has 26 heavy (non-hydrogen) atoms. The molecule has 2 aromatic carbocycles. The Bertz CT molecular complexity index is 736. The van der Waals surface area contributed by atoms with Crippen molar-refractivity contribution in [2.24, 2.45) is 5.10 Å². The van der Waals surface area contributed by atoms with Gasteiger partial charge in [-0.15, -0.1) is 0 Å². The van der Waals surface area contributed by atoms with Gasteiger partial charge in [0.25, 0.3) is 5.91 Å². The summed E-state index contributed by atoms with van der Waals surface area (Å²) in [5, 5.41) is 7.23. The Balaban J connectivity index is 1.87. The number of carbonyl (C=O) groups excluding carboxylic acids is 1. The molecule has 0 fully saturated rings. The smallest absolute Gasteiger partial charge is 0.262 e. The molecule has 0 heterocycles. The zero-order valence-corrected chi connectivity index (χ0v) is 16.0. The summed E-state index contributed by atoms with van der Waals surface area (Å²) in [4.78, 5) is 14.4. The molecule has 2 aromatic rings. The van der Waals surface area contributed by atoms with Crippen molar-refractivity contribution in [3.8, 4) is 0 Å². The number of nitrogens with one attached hydrogen (secondary N) is 2. The lowest BCUT2D eigenvalue weighted by Crippen LogP contribution is -2.34. The molecule has 138 valence electrons. The van der Waals surface area contributed by atoms with Crippen LogP contribution >= 0.6 is 0 Å². The third kappa shape index (κ3) is 5.62. The molecule has 0 radical (unpaired) electrons. The molecule has 0 saturated carbocycles. The normalized spacial score (nSPS) is 12.0. The Morgan fingerprint density at radius 1 is 1.15 bits per heavy atom. The number of benzene rings is 2. The predicted molar refractivity (Wildman–Crippen MR) is 110 cm³/mol. The minimum Gasteiger partial charge on any atom is -0.374 e. The monoisotopic (exact) mass is 352 g/mol. The predicted octanol–water partition coefficient (Wildman–Crippen LogP) is 3.79. The van der Waals surface area contributed by atoms with E-state index < -0.39 is 0 Å². The van der Waals surface area contributed by atoms with Gasteiger partial charge in [0.15, 0.2) is 0 Å². The summed E-state index contributed by atoms with van der Waals surface area (Å²) in [5.41, 5.74) is 6.78. The number of rotatable bonds is 8. The van der Waals surface area contributed by atoms with Crippen LogP contribution in [-0.4, -0.2) is 31.3 Å². The van der Waals surface area contributed by atoms with Gasteiger partial charge in [-0.1, -0.05) is 24.3 Å². The van der Waals surface area contributed by atoms with Crippen molar-refractivity contribution in [2.75, 3.05) is 23.3 Å². The van der Waals surface area contributed by atoms with E-state index in [0.29, 0.717) is 0 Å². The Hall–Kier alpha value is -2.82. The van der Waals surface area contributed by atoms with E-state index in [-0.39, 0.29) is 11.9 Å². The van der Waals surface area contributed by atoms with Crippen molar-refractivity contribution in [1.29, 1.82) is 0 Å². The van der Waals surface area contributed by atoms with E-state index in [0.717, 1.165) is 29.9 Å². The Labute approximate surface area is 156 Å². The lowest BCUT2D eigenvalue weighted by Gasteiger charge is -2.20. The lowest BCUT2D eigenvalue weighted by atomic mass is 10.2. The molecule has 0 saturated heterocycles. The first kappa shape index (κ1) is 19.5. The highest BCUT2D eigenvalue weighted by Gasteiger charge is 2.11. The molecule has 1 unspecified atom stereocenters. The second-order valence-corrected chi connectivity index (χ2v) is 6.23. The van der Waals surface area contributed by atoms with E-state index in [2.05, 4.69) is 46.7 Å². The Morgan fingerprint density at radius 2 is 1.85 bits per heavy atom. The van der Waals surface area contributed by atoms with Crippen LogP contribution < -0.4 is 15.6 Å². The topological polar surface area (TPSA) is 56.7 Å². The largest absolute Gasteiger partial charge is 0.374 e. The van der Waals surface area contributed by atoms with Gasteiger partial charge >= 0.3 is 0 Å². The SMILES string of the molecule is CCN(CC)c1ccc(/C=N/NC(=O)C(C)Nc2cccc(C)c2)cc1. The number of nitrogens with zero attached hydrogens (tertiary/aromatic N) is 2. The highest BCUT2D eigenvalue weighted by Crippen LogP contribution is 2.14. The Kier molecular flexibility index (Phi) is 7.21. The minimum atomic E-state index is -0.376. The van der Waals surface area contributed by atoms with Gasteiger partial charge in [0.05, 0.1) is 6.21 Å². The molecule has 5 heteroatoms. The molecule has 0 aliphatic carbocycles. The molecule has 0 aliphatic heterocycles. The summed E-state index contributed by atoms with van der Waals surface area (Å²) >= 11 is 0. The van der Waals surface area contributed by atoms with Crippen LogP contribution in [0.1, 0.15) is 31.9 Å². The lowest BCUT2D eigenvalue weighted by molar-refractivity contribution is -0.121. The molecular formula is C21H28N4O. The maximum atomic E-state index is 12.1. The van der Waals surface area contributed by atoms with E-state index in [1.807, 2.05) is 50.2 Å². The van der Waals surface area contributed by atoms with Crippen LogP contribution in [0.2, 0.25) is 0 Å². The van der Waals surface area contributed by atoms with Crippen molar-refractivity contribution in [1.82, 2.24) is 5.43 Å². The van der Waals surface area contributed by atoms with Gasteiger partial charge in [-0.25, -0.2) is 5.43 Å². The molecule has 2 N–H and O–H groups in total. The fourth-order valence-electron chi connectivity index (χ4n) is 2.68. The van der Waals surface area contributed by atoms with Gasteiger partial charge in [0.2, 0.25) is 0 Å². The number of carbonyl (C=O) groups is 1. The van der Waals surface area contributed by atoms with E-state index in [1.54, 1.807) is 6.21 Å². The van der Waals surface area contributed by atoms with Crippen molar-refractivity contribution < 1.29 is 4.79 Å². The van der Waals surface area contributed by atoms with Crippen LogP contribution in [0.4, 0.5) is 11.4 Å².